The number of tetrazole rings is 1. The summed E-state index contributed by atoms with van der Waals surface area (Å²) in [5.41, 5.74) is 3.05. The minimum absolute atomic E-state index is 0.173. The number of nitrogens with one attached hydrogen (secondary N) is 2. The van der Waals surface area contributed by atoms with Gasteiger partial charge in [0.2, 0.25) is 0 Å². The number of carbonyl (C=O) groups excluding carboxylic acids is 1. The van der Waals surface area contributed by atoms with Gasteiger partial charge in [-0.25, -0.2) is 9.48 Å². The number of amides is 2. The standard InChI is InChI=1S/C23H27N7O3/c1-29(2)17-10-8-16(9-11-17)22-26-27-28-30(22)19-14-33-20-18(13-32-21(19)20)25-23(31)24-12-15-6-4-3-5-7-15/h3-11,18-21H,12-14H2,1-2H3,(H2,24,25,31)/t18-,19-,20+,21+/m0/s1. The van der Waals surface area contributed by atoms with E-state index < -0.39 is 0 Å². The van der Waals surface area contributed by atoms with E-state index in [1.807, 2.05) is 73.6 Å². The molecule has 10 nitrogen and oxygen atoms in total. The van der Waals surface area contributed by atoms with Crippen LogP contribution in [0.15, 0.2) is 54.6 Å². The molecule has 4 atom stereocenters. The highest BCUT2D eigenvalue weighted by Gasteiger charge is 2.50. The van der Waals surface area contributed by atoms with E-state index in [4.69, 9.17) is 9.47 Å². The first-order chi connectivity index (χ1) is 16.1. The molecule has 2 aliphatic rings. The van der Waals surface area contributed by atoms with Crippen molar-refractivity contribution < 1.29 is 14.3 Å². The van der Waals surface area contributed by atoms with Gasteiger partial charge in [0.15, 0.2) is 5.82 Å². The first-order valence-electron chi connectivity index (χ1n) is 11.0. The summed E-state index contributed by atoms with van der Waals surface area (Å²) in [4.78, 5) is 14.5. The van der Waals surface area contributed by atoms with Gasteiger partial charge in [-0.1, -0.05) is 30.3 Å². The van der Waals surface area contributed by atoms with Crippen molar-refractivity contribution in [3.05, 3.63) is 60.2 Å². The van der Waals surface area contributed by atoms with Crippen LogP contribution in [0.2, 0.25) is 0 Å². The number of aromatic nitrogens is 4. The second kappa shape index (κ2) is 9.16. The number of carbonyl (C=O) groups is 1. The molecule has 172 valence electrons. The van der Waals surface area contributed by atoms with Gasteiger partial charge in [0, 0.05) is 31.9 Å². The summed E-state index contributed by atoms with van der Waals surface area (Å²) in [6.45, 7) is 1.24. The molecule has 3 heterocycles. The van der Waals surface area contributed by atoms with Gasteiger partial charge in [0.1, 0.15) is 18.2 Å². The molecular formula is C23H27N7O3. The van der Waals surface area contributed by atoms with Crippen LogP contribution >= 0.6 is 0 Å². The zero-order valence-electron chi connectivity index (χ0n) is 18.6. The van der Waals surface area contributed by atoms with Crippen LogP contribution in [-0.4, -0.2) is 71.8 Å². The molecule has 0 spiro atoms. The number of rotatable bonds is 6. The molecule has 1 aromatic heterocycles. The topological polar surface area (TPSA) is 106 Å². The number of benzene rings is 2. The summed E-state index contributed by atoms with van der Waals surface area (Å²) in [6.07, 6.45) is -0.502. The van der Waals surface area contributed by atoms with Crippen molar-refractivity contribution in [3.8, 4) is 11.4 Å². The normalized spacial score (nSPS) is 23.8. The first-order valence-corrected chi connectivity index (χ1v) is 11.0. The largest absolute Gasteiger partial charge is 0.378 e. The molecule has 10 heteroatoms. The number of hydrogen-bond acceptors (Lipinski definition) is 7. The number of urea groups is 1. The van der Waals surface area contributed by atoms with Crippen molar-refractivity contribution in [3.63, 3.8) is 0 Å². The number of fused-ring (bicyclic) bond motifs is 1. The minimum Gasteiger partial charge on any atom is -0.378 e. The Hall–Kier alpha value is -3.50. The lowest BCUT2D eigenvalue weighted by molar-refractivity contribution is 0.0624. The molecule has 0 saturated carbocycles. The predicted molar refractivity (Wildman–Crippen MR) is 122 cm³/mol. The van der Waals surface area contributed by atoms with Crippen molar-refractivity contribution in [2.75, 3.05) is 32.2 Å². The Balaban J connectivity index is 1.23. The van der Waals surface area contributed by atoms with E-state index in [0.29, 0.717) is 25.6 Å². The smallest absolute Gasteiger partial charge is 0.315 e. The predicted octanol–water partition coefficient (Wildman–Crippen LogP) is 1.61. The van der Waals surface area contributed by atoms with Crippen molar-refractivity contribution in [2.45, 2.75) is 30.8 Å². The van der Waals surface area contributed by atoms with Gasteiger partial charge in [-0.05, 0) is 40.3 Å². The van der Waals surface area contributed by atoms with Gasteiger partial charge >= 0.3 is 6.03 Å². The van der Waals surface area contributed by atoms with E-state index in [9.17, 15) is 4.79 Å². The summed E-state index contributed by atoms with van der Waals surface area (Å²) < 4.78 is 13.9. The van der Waals surface area contributed by atoms with Crippen molar-refractivity contribution in [1.29, 1.82) is 0 Å². The summed E-state index contributed by atoms with van der Waals surface area (Å²) in [5.74, 6) is 0.662. The zero-order chi connectivity index (χ0) is 22.8. The van der Waals surface area contributed by atoms with E-state index in [1.165, 1.54) is 0 Å². The van der Waals surface area contributed by atoms with Crippen molar-refractivity contribution >= 4 is 11.7 Å². The molecule has 2 saturated heterocycles. The third-order valence-corrected chi connectivity index (χ3v) is 6.09. The molecule has 2 N–H and O–H groups in total. The van der Waals surface area contributed by atoms with Crippen LogP contribution in [-0.2, 0) is 16.0 Å². The molecule has 0 bridgehead atoms. The SMILES string of the molecule is CN(C)c1ccc(-c2nnnn2[C@H]2CO[C@H]3[C@@H]2OC[C@@H]3NC(=O)NCc2ccccc2)cc1. The fraction of sp³-hybridized carbons (Fsp3) is 0.391. The second-order valence-corrected chi connectivity index (χ2v) is 8.47. The summed E-state index contributed by atoms with van der Waals surface area (Å²) in [7, 11) is 4.00. The highest BCUT2D eigenvalue weighted by atomic mass is 16.6. The van der Waals surface area contributed by atoms with Crippen molar-refractivity contribution in [2.24, 2.45) is 0 Å². The van der Waals surface area contributed by atoms with Gasteiger partial charge in [-0.15, -0.1) is 5.10 Å². The van der Waals surface area contributed by atoms with Gasteiger partial charge < -0.3 is 25.0 Å². The Labute approximate surface area is 191 Å². The van der Waals surface area contributed by atoms with E-state index in [1.54, 1.807) is 4.68 Å². The number of ether oxygens (including phenoxy) is 2. The lowest BCUT2D eigenvalue weighted by Gasteiger charge is -2.18. The Bertz CT molecular complexity index is 1090. The highest BCUT2D eigenvalue weighted by Crippen LogP contribution is 2.35. The molecule has 2 aromatic carbocycles. The summed E-state index contributed by atoms with van der Waals surface area (Å²) in [5, 5.41) is 18.2. The van der Waals surface area contributed by atoms with Gasteiger partial charge in [-0.3, -0.25) is 0 Å². The third kappa shape index (κ3) is 4.39. The molecule has 5 rings (SSSR count). The Morgan fingerprint density at radius 2 is 1.82 bits per heavy atom. The van der Waals surface area contributed by atoms with E-state index in [0.717, 1.165) is 16.8 Å². The summed E-state index contributed by atoms with van der Waals surface area (Å²) in [6, 6.07) is 17.2. The van der Waals surface area contributed by atoms with E-state index in [-0.39, 0.29) is 30.3 Å². The number of nitrogens with zero attached hydrogens (tertiary/aromatic N) is 5. The molecule has 3 aromatic rings. The average molecular weight is 450 g/mol. The lowest BCUT2D eigenvalue weighted by atomic mass is 10.1. The maximum absolute atomic E-state index is 12.4. The molecular weight excluding hydrogens is 422 g/mol. The number of anilines is 1. The fourth-order valence-corrected chi connectivity index (χ4v) is 4.33. The van der Waals surface area contributed by atoms with Gasteiger partial charge in [0.25, 0.3) is 0 Å². The Morgan fingerprint density at radius 3 is 2.58 bits per heavy atom. The second-order valence-electron chi connectivity index (χ2n) is 8.47. The first kappa shape index (κ1) is 21.4. The quantitative estimate of drug-likeness (QED) is 0.589. The summed E-state index contributed by atoms with van der Waals surface area (Å²) >= 11 is 0. The fourth-order valence-electron chi connectivity index (χ4n) is 4.33. The van der Waals surface area contributed by atoms with Crippen LogP contribution in [0.3, 0.4) is 0 Å². The molecule has 33 heavy (non-hydrogen) atoms. The Morgan fingerprint density at radius 1 is 1.06 bits per heavy atom. The highest BCUT2D eigenvalue weighted by molar-refractivity contribution is 5.74. The monoisotopic (exact) mass is 449 g/mol. The van der Waals surface area contributed by atoms with Crippen LogP contribution in [0.25, 0.3) is 11.4 Å². The lowest BCUT2D eigenvalue weighted by Crippen LogP contribution is -2.48. The zero-order valence-corrected chi connectivity index (χ0v) is 18.6. The van der Waals surface area contributed by atoms with Crippen LogP contribution in [0.5, 0.6) is 0 Å². The van der Waals surface area contributed by atoms with E-state index >= 15 is 0 Å². The molecule has 0 aliphatic carbocycles. The minimum atomic E-state index is -0.259. The van der Waals surface area contributed by atoms with Gasteiger partial charge in [0.05, 0.1) is 19.3 Å². The molecule has 0 radical (unpaired) electrons. The van der Waals surface area contributed by atoms with Crippen LogP contribution in [0, 0.1) is 0 Å². The van der Waals surface area contributed by atoms with Crippen LogP contribution in [0.4, 0.5) is 10.5 Å². The molecule has 2 fully saturated rings. The van der Waals surface area contributed by atoms with Crippen LogP contribution < -0.4 is 15.5 Å². The third-order valence-electron chi connectivity index (χ3n) is 6.09. The number of hydrogen-bond donors (Lipinski definition) is 2. The van der Waals surface area contributed by atoms with Crippen LogP contribution in [0.1, 0.15) is 11.6 Å². The average Bonchev–Trinajstić information content (AvgIpc) is 3.56. The van der Waals surface area contributed by atoms with E-state index in [2.05, 4.69) is 26.2 Å². The van der Waals surface area contributed by atoms with Gasteiger partial charge in [-0.2, -0.15) is 0 Å². The molecule has 0 unspecified atom stereocenters. The Kier molecular flexibility index (Phi) is 5.93. The maximum atomic E-state index is 12.4. The maximum Gasteiger partial charge on any atom is 0.315 e. The molecule has 2 aliphatic heterocycles. The molecule has 2 amide bonds. The van der Waals surface area contributed by atoms with Crippen molar-refractivity contribution in [1.82, 2.24) is 30.8 Å².